The molecule has 1 N–H and O–H groups in total. The van der Waals surface area contributed by atoms with Crippen LogP contribution in [0.2, 0.25) is 0 Å². The first-order valence-corrected chi connectivity index (χ1v) is 10.3. The second-order valence-electron chi connectivity index (χ2n) is 8.56. The number of nitrogens with zero attached hydrogens (tertiary/aromatic N) is 2. The van der Waals surface area contributed by atoms with E-state index in [0.717, 1.165) is 22.3 Å². The number of carbonyl (C=O) groups is 3. The molecule has 6 heteroatoms. The van der Waals surface area contributed by atoms with Gasteiger partial charge in [0.25, 0.3) is 11.8 Å². The third kappa shape index (κ3) is 3.70. The molecule has 4 rings (SSSR count). The number of piperidine rings is 1. The van der Waals surface area contributed by atoms with Crippen LogP contribution in [-0.4, -0.2) is 46.3 Å². The minimum Gasteiger partial charge on any atom is -0.338 e. The first kappa shape index (κ1) is 20.1. The molecule has 2 aliphatic rings. The summed E-state index contributed by atoms with van der Waals surface area (Å²) < 4.78 is 0. The number of amides is 4. The van der Waals surface area contributed by atoms with Gasteiger partial charge in [-0.15, -0.1) is 0 Å². The van der Waals surface area contributed by atoms with Crippen LogP contribution in [0.4, 0.5) is 4.79 Å². The zero-order valence-electron chi connectivity index (χ0n) is 17.7. The Kier molecular flexibility index (Phi) is 5.10. The Labute approximate surface area is 176 Å². The van der Waals surface area contributed by atoms with Crippen LogP contribution in [0.25, 0.3) is 0 Å². The Morgan fingerprint density at radius 1 is 0.933 bits per heavy atom. The molecule has 0 radical (unpaired) electrons. The minimum atomic E-state index is -0.902. The molecule has 30 heavy (non-hydrogen) atoms. The predicted molar refractivity (Wildman–Crippen MR) is 114 cm³/mol. The zero-order valence-corrected chi connectivity index (χ0v) is 17.7. The van der Waals surface area contributed by atoms with E-state index < -0.39 is 5.54 Å². The molecule has 2 saturated heterocycles. The maximum Gasteiger partial charge on any atom is 0.325 e. The van der Waals surface area contributed by atoms with Gasteiger partial charge in [0.2, 0.25) is 0 Å². The standard InChI is InChI=1S/C24H27N3O3/c1-16-4-6-19(7-5-16)15-27-22(29)24(25-23(27)30)8-10-26(11-9-24)21(28)20-13-17(2)12-18(3)14-20/h4-7,12-14H,8-11,15H2,1-3H3,(H,25,30). The van der Waals surface area contributed by atoms with Crippen LogP contribution >= 0.6 is 0 Å². The predicted octanol–water partition coefficient (Wildman–Crippen LogP) is 3.34. The first-order valence-electron chi connectivity index (χ1n) is 10.3. The second-order valence-corrected chi connectivity index (χ2v) is 8.56. The normalized spacial score (nSPS) is 18.1. The van der Waals surface area contributed by atoms with Gasteiger partial charge in [0.15, 0.2) is 0 Å². The van der Waals surface area contributed by atoms with Gasteiger partial charge in [-0.25, -0.2) is 4.79 Å². The zero-order chi connectivity index (χ0) is 21.5. The number of imide groups is 1. The van der Waals surface area contributed by atoms with E-state index in [-0.39, 0.29) is 24.4 Å². The highest BCUT2D eigenvalue weighted by atomic mass is 16.2. The Morgan fingerprint density at radius 3 is 2.13 bits per heavy atom. The molecule has 2 aromatic rings. The van der Waals surface area contributed by atoms with Crippen molar-refractivity contribution < 1.29 is 14.4 Å². The van der Waals surface area contributed by atoms with Gasteiger partial charge in [-0.2, -0.15) is 0 Å². The summed E-state index contributed by atoms with van der Waals surface area (Å²) in [6, 6.07) is 13.3. The summed E-state index contributed by atoms with van der Waals surface area (Å²) in [5.41, 5.74) is 3.93. The molecule has 0 bridgehead atoms. The fourth-order valence-corrected chi connectivity index (χ4v) is 4.41. The molecule has 0 aliphatic carbocycles. The maximum absolute atomic E-state index is 13.1. The SMILES string of the molecule is Cc1ccc(CN2C(=O)NC3(CCN(C(=O)c4cc(C)cc(C)c4)CC3)C2=O)cc1. The molecule has 1 spiro atoms. The summed E-state index contributed by atoms with van der Waals surface area (Å²) in [6.07, 6.45) is 0.858. The lowest BCUT2D eigenvalue weighted by Crippen LogP contribution is -2.55. The van der Waals surface area contributed by atoms with Crippen molar-refractivity contribution in [1.29, 1.82) is 0 Å². The van der Waals surface area contributed by atoms with Crippen molar-refractivity contribution in [3.8, 4) is 0 Å². The van der Waals surface area contributed by atoms with E-state index in [9.17, 15) is 14.4 Å². The highest BCUT2D eigenvalue weighted by molar-refractivity contribution is 6.07. The molecular formula is C24H27N3O3. The molecule has 2 aromatic carbocycles. The molecule has 0 unspecified atom stereocenters. The van der Waals surface area contributed by atoms with Gasteiger partial charge in [-0.1, -0.05) is 47.0 Å². The van der Waals surface area contributed by atoms with Crippen molar-refractivity contribution in [1.82, 2.24) is 15.1 Å². The van der Waals surface area contributed by atoms with E-state index in [1.54, 1.807) is 4.90 Å². The van der Waals surface area contributed by atoms with Gasteiger partial charge in [-0.05, 0) is 51.3 Å². The third-order valence-electron chi connectivity index (χ3n) is 6.08. The second kappa shape index (κ2) is 7.59. The largest absolute Gasteiger partial charge is 0.338 e. The summed E-state index contributed by atoms with van der Waals surface area (Å²) in [5.74, 6) is -0.212. The Hall–Kier alpha value is -3.15. The number of rotatable bonds is 3. The molecule has 2 fully saturated rings. The van der Waals surface area contributed by atoms with E-state index in [0.29, 0.717) is 31.5 Å². The van der Waals surface area contributed by atoms with Crippen molar-refractivity contribution in [2.45, 2.75) is 45.7 Å². The lowest BCUT2D eigenvalue weighted by Gasteiger charge is -2.37. The molecule has 156 valence electrons. The van der Waals surface area contributed by atoms with Gasteiger partial charge in [0, 0.05) is 18.7 Å². The summed E-state index contributed by atoms with van der Waals surface area (Å²) >= 11 is 0. The summed E-state index contributed by atoms with van der Waals surface area (Å²) in [7, 11) is 0. The van der Waals surface area contributed by atoms with Crippen molar-refractivity contribution in [3.63, 3.8) is 0 Å². The number of benzene rings is 2. The van der Waals surface area contributed by atoms with Gasteiger partial charge in [0.1, 0.15) is 5.54 Å². The molecule has 0 saturated carbocycles. The Balaban J connectivity index is 1.44. The number of carbonyl (C=O) groups excluding carboxylic acids is 3. The van der Waals surface area contributed by atoms with Crippen LogP contribution in [0.5, 0.6) is 0 Å². The summed E-state index contributed by atoms with van der Waals surface area (Å²) in [6.45, 7) is 7.10. The highest BCUT2D eigenvalue weighted by Crippen LogP contribution is 2.31. The highest BCUT2D eigenvalue weighted by Gasteiger charge is 2.52. The maximum atomic E-state index is 13.1. The molecule has 2 heterocycles. The van der Waals surface area contributed by atoms with Crippen LogP contribution in [-0.2, 0) is 11.3 Å². The fourth-order valence-electron chi connectivity index (χ4n) is 4.41. The van der Waals surface area contributed by atoms with Gasteiger partial charge < -0.3 is 10.2 Å². The Bertz CT molecular complexity index is 985. The van der Waals surface area contributed by atoms with Crippen LogP contribution in [0, 0.1) is 20.8 Å². The first-order chi connectivity index (χ1) is 14.3. The summed E-state index contributed by atoms with van der Waals surface area (Å²) in [4.78, 5) is 41.7. The number of likely N-dealkylation sites (tertiary alicyclic amines) is 1. The minimum absolute atomic E-state index is 0.0232. The van der Waals surface area contributed by atoms with E-state index in [2.05, 4.69) is 5.32 Å². The van der Waals surface area contributed by atoms with Gasteiger partial charge >= 0.3 is 6.03 Å². The average Bonchev–Trinajstić information content (AvgIpc) is 2.93. The fraction of sp³-hybridized carbons (Fsp3) is 0.375. The van der Waals surface area contributed by atoms with Crippen LogP contribution in [0.1, 0.15) is 45.5 Å². The number of hydrogen-bond acceptors (Lipinski definition) is 3. The topological polar surface area (TPSA) is 69.7 Å². The lowest BCUT2D eigenvalue weighted by atomic mass is 9.87. The van der Waals surface area contributed by atoms with Gasteiger partial charge in [-0.3, -0.25) is 14.5 Å². The molecular weight excluding hydrogens is 378 g/mol. The van der Waals surface area contributed by atoms with Crippen molar-refractivity contribution in [2.24, 2.45) is 0 Å². The molecule has 0 atom stereocenters. The number of nitrogens with one attached hydrogen (secondary N) is 1. The van der Waals surface area contributed by atoms with Crippen molar-refractivity contribution in [3.05, 3.63) is 70.3 Å². The van der Waals surface area contributed by atoms with Crippen LogP contribution < -0.4 is 5.32 Å². The van der Waals surface area contributed by atoms with E-state index in [1.165, 1.54) is 4.90 Å². The summed E-state index contributed by atoms with van der Waals surface area (Å²) in [5, 5.41) is 2.92. The Morgan fingerprint density at radius 2 is 1.53 bits per heavy atom. The van der Waals surface area contributed by atoms with E-state index >= 15 is 0 Å². The monoisotopic (exact) mass is 405 g/mol. The third-order valence-corrected chi connectivity index (χ3v) is 6.08. The quantitative estimate of drug-likeness (QED) is 0.797. The average molecular weight is 405 g/mol. The molecule has 0 aromatic heterocycles. The number of aryl methyl sites for hydroxylation is 3. The van der Waals surface area contributed by atoms with Crippen molar-refractivity contribution >= 4 is 17.8 Å². The van der Waals surface area contributed by atoms with E-state index in [1.807, 2.05) is 63.2 Å². The lowest BCUT2D eigenvalue weighted by molar-refractivity contribution is -0.133. The van der Waals surface area contributed by atoms with Gasteiger partial charge in [0.05, 0.1) is 6.54 Å². The molecule has 2 aliphatic heterocycles. The number of urea groups is 1. The molecule has 4 amide bonds. The van der Waals surface area contributed by atoms with Crippen LogP contribution in [0.3, 0.4) is 0 Å². The smallest absolute Gasteiger partial charge is 0.325 e. The number of hydrogen-bond donors (Lipinski definition) is 1. The van der Waals surface area contributed by atoms with Crippen molar-refractivity contribution in [2.75, 3.05) is 13.1 Å². The van der Waals surface area contributed by atoms with E-state index in [4.69, 9.17) is 0 Å². The van der Waals surface area contributed by atoms with Crippen LogP contribution in [0.15, 0.2) is 42.5 Å². The molecule has 6 nitrogen and oxygen atoms in total.